The van der Waals surface area contributed by atoms with Gasteiger partial charge < -0.3 is 10.1 Å². The van der Waals surface area contributed by atoms with Crippen LogP contribution in [0.4, 0.5) is 4.39 Å². The number of aromatic amines is 1. The molecule has 0 bridgehead atoms. The zero-order valence-electron chi connectivity index (χ0n) is 9.87. The van der Waals surface area contributed by atoms with Gasteiger partial charge in [0.05, 0.1) is 0 Å². The van der Waals surface area contributed by atoms with Gasteiger partial charge in [-0.1, -0.05) is 12.1 Å². The molecule has 0 radical (unpaired) electrons. The van der Waals surface area contributed by atoms with Crippen molar-refractivity contribution in [2.24, 2.45) is 0 Å². The third-order valence-corrected chi connectivity index (χ3v) is 3.05. The monoisotopic (exact) mass is 241 g/mol. The van der Waals surface area contributed by atoms with Crippen molar-refractivity contribution >= 4 is 10.9 Å². The SMILES string of the molecule is Cc1cc2c(F)c(-c3ccc(O)cc3)ccc2[nH]1. The summed E-state index contributed by atoms with van der Waals surface area (Å²) in [4.78, 5) is 3.11. The minimum Gasteiger partial charge on any atom is -0.508 e. The van der Waals surface area contributed by atoms with Crippen molar-refractivity contribution in [2.75, 3.05) is 0 Å². The topological polar surface area (TPSA) is 36.0 Å². The summed E-state index contributed by atoms with van der Waals surface area (Å²) >= 11 is 0. The van der Waals surface area contributed by atoms with Crippen molar-refractivity contribution in [1.82, 2.24) is 4.98 Å². The van der Waals surface area contributed by atoms with Crippen LogP contribution in [0.3, 0.4) is 0 Å². The van der Waals surface area contributed by atoms with Crippen molar-refractivity contribution < 1.29 is 9.50 Å². The van der Waals surface area contributed by atoms with Crippen LogP contribution in [-0.4, -0.2) is 10.1 Å². The fourth-order valence-electron chi connectivity index (χ4n) is 2.17. The van der Waals surface area contributed by atoms with Gasteiger partial charge in [-0.25, -0.2) is 4.39 Å². The minimum atomic E-state index is -0.234. The van der Waals surface area contributed by atoms with Crippen LogP contribution in [0.5, 0.6) is 5.75 Å². The van der Waals surface area contributed by atoms with Crippen molar-refractivity contribution in [3.8, 4) is 16.9 Å². The Hall–Kier alpha value is -2.29. The number of phenols is 1. The minimum absolute atomic E-state index is 0.178. The molecule has 0 spiro atoms. The molecule has 0 atom stereocenters. The van der Waals surface area contributed by atoms with E-state index in [2.05, 4.69) is 4.98 Å². The standard InChI is InChI=1S/C15H12FNO/c1-9-8-13-14(17-9)7-6-12(15(13)16)10-2-4-11(18)5-3-10/h2-8,17-18H,1H3. The molecule has 18 heavy (non-hydrogen) atoms. The predicted octanol–water partition coefficient (Wildman–Crippen LogP) is 3.99. The number of halogens is 1. The molecule has 0 aliphatic rings. The summed E-state index contributed by atoms with van der Waals surface area (Å²) in [6.45, 7) is 1.90. The molecule has 0 aliphatic carbocycles. The summed E-state index contributed by atoms with van der Waals surface area (Å²) in [5, 5.41) is 9.84. The molecule has 3 rings (SSSR count). The van der Waals surface area contributed by atoms with Gasteiger partial charge in [-0.15, -0.1) is 0 Å². The Labute approximate surface area is 104 Å². The summed E-state index contributed by atoms with van der Waals surface area (Å²) in [6, 6.07) is 11.9. The summed E-state index contributed by atoms with van der Waals surface area (Å²) < 4.78 is 14.4. The maximum absolute atomic E-state index is 14.4. The Morgan fingerprint density at radius 3 is 2.50 bits per heavy atom. The zero-order valence-corrected chi connectivity index (χ0v) is 9.87. The predicted molar refractivity (Wildman–Crippen MR) is 70.1 cm³/mol. The van der Waals surface area contributed by atoms with E-state index in [1.54, 1.807) is 36.4 Å². The molecule has 3 heteroatoms. The van der Waals surface area contributed by atoms with Crippen LogP contribution in [0.15, 0.2) is 42.5 Å². The lowest BCUT2D eigenvalue weighted by molar-refractivity contribution is 0.475. The van der Waals surface area contributed by atoms with Gasteiger partial charge in [0.15, 0.2) is 0 Å². The van der Waals surface area contributed by atoms with Gasteiger partial charge in [-0.2, -0.15) is 0 Å². The second-order valence-corrected chi connectivity index (χ2v) is 4.39. The second-order valence-electron chi connectivity index (χ2n) is 4.39. The van der Waals surface area contributed by atoms with Crippen LogP contribution >= 0.6 is 0 Å². The molecule has 1 heterocycles. The van der Waals surface area contributed by atoms with E-state index in [1.165, 1.54) is 0 Å². The van der Waals surface area contributed by atoms with Crippen LogP contribution in [0, 0.1) is 12.7 Å². The maximum Gasteiger partial charge on any atom is 0.140 e. The first kappa shape index (κ1) is 10.8. The Kier molecular flexibility index (Phi) is 2.33. The first-order valence-electron chi connectivity index (χ1n) is 5.72. The van der Waals surface area contributed by atoms with E-state index in [1.807, 2.05) is 13.0 Å². The van der Waals surface area contributed by atoms with E-state index < -0.39 is 0 Å². The van der Waals surface area contributed by atoms with Crippen molar-refractivity contribution in [1.29, 1.82) is 0 Å². The smallest absolute Gasteiger partial charge is 0.140 e. The van der Waals surface area contributed by atoms with Gasteiger partial charge >= 0.3 is 0 Å². The number of aromatic hydroxyl groups is 1. The molecule has 2 N–H and O–H groups in total. The second kappa shape index (κ2) is 3.88. The molecule has 0 aliphatic heterocycles. The average Bonchev–Trinajstić information content (AvgIpc) is 2.73. The van der Waals surface area contributed by atoms with Gasteiger partial charge in [0.25, 0.3) is 0 Å². The summed E-state index contributed by atoms with van der Waals surface area (Å²) in [7, 11) is 0. The highest BCUT2D eigenvalue weighted by Crippen LogP contribution is 2.30. The molecular weight excluding hydrogens is 229 g/mol. The van der Waals surface area contributed by atoms with Gasteiger partial charge in [0.1, 0.15) is 11.6 Å². The first-order valence-corrected chi connectivity index (χ1v) is 5.72. The highest BCUT2D eigenvalue weighted by atomic mass is 19.1. The number of nitrogens with one attached hydrogen (secondary N) is 1. The highest BCUT2D eigenvalue weighted by Gasteiger charge is 2.10. The number of benzene rings is 2. The molecule has 1 aromatic heterocycles. The molecular formula is C15H12FNO. The van der Waals surface area contributed by atoms with Crippen molar-refractivity contribution in [3.05, 3.63) is 54.0 Å². The molecule has 90 valence electrons. The number of hydrogen-bond donors (Lipinski definition) is 2. The van der Waals surface area contributed by atoms with Crippen LogP contribution < -0.4 is 0 Å². The third-order valence-electron chi connectivity index (χ3n) is 3.05. The van der Waals surface area contributed by atoms with E-state index in [4.69, 9.17) is 0 Å². The molecule has 0 unspecified atom stereocenters. The average molecular weight is 241 g/mol. The van der Waals surface area contributed by atoms with Crippen LogP contribution in [0.25, 0.3) is 22.0 Å². The van der Waals surface area contributed by atoms with Gasteiger partial charge in [0, 0.05) is 22.2 Å². The molecule has 3 aromatic rings. The summed E-state index contributed by atoms with van der Waals surface area (Å²) in [5.74, 6) is -0.0553. The fourth-order valence-corrected chi connectivity index (χ4v) is 2.17. The molecule has 0 saturated carbocycles. The van der Waals surface area contributed by atoms with Crippen molar-refractivity contribution in [2.45, 2.75) is 6.92 Å². The fraction of sp³-hybridized carbons (Fsp3) is 0.0667. The number of fused-ring (bicyclic) bond motifs is 1. The van der Waals surface area contributed by atoms with Gasteiger partial charge in [-0.3, -0.25) is 0 Å². The normalized spacial score (nSPS) is 11.0. The molecule has 2 aromatic carbocycles. The Balaban J connectivity index is 2.23. The van der Waals surface area contributed by atoms with Crippen LogP contribution in [0.1, 0.15) is 5.69 Å². The number of aromatic nitrogens is 1. The van der Waals surface area contributed by atoms with E-state index in [-0.39, 0.29) is 11.6 Å². The molecule has 0 saturated heterocycles. The number of phenolic OH excluding ortho intramolecular Hbond substituents is 1. The zero-order chi connectivity index (χ0) is 12.7. The number of rotatable bonds is 1. The molecule has 0 amide bonds. The molecule has 2 nitrogen and oxygen atoms in total. The third kappa shape index (κ3) is 1.64. The Morgan fingerprint density at radius 2 is 1.78 bits per heavy atom. The Bertz CT molecular complexity index is 713. The van der Waals surface area contributed by atoms with Crippen LogP contribution in [-0.2, 0) is 0 Å². The lowest BCUT2D eigenvalue weighted by Crippen LogP contribution is -1.85. The van der Waals surface area contributed by atoms with Crippen molar-refractivity contribution in [3.63, 3.8) is 0 Å². The first-order chi connectivity index (χ1) is 8.65. The van der Waals surface area contributed by atoms with E-state index >= 15 is 0 Å². The lowest BCUT2D eigenvalue weighted by Gasteiger charge is -2.04. The van der Waals surface area contributed by atoms with Gasteiger partial charge in [0.2, 0.25) is 0 Å². The molecule has 0 fully saturated rings. The number of H-pyrrole nitrogens is 1. The Morgan fingerprint density at radius 1 is 1.06 bits per heavy atom. The van der Waals surface area contributed by atoms with Crippen LogP contribution in [0.2, 0.25) is 0 Å². The van der Waals surface area contributed by atoms with E-state index in [0.717, 1.165) is 16.8 Å². The highest BCUT2D eigenvalue weighted by molar-refractivity contribution is 5.86. The van der Waals surface area contributed by atoms with E-state index in [0.29, 0.717) is 10.9 Å². The summed E-state index contributed by atoms with van der Waals surface area (Å²) in [6.07, 6.45) is 0. The largest absolute Gasteiger partial charge is 0.508 e. The number of aryl methyl sites for hydroxylation is 1. The number of hydrogen-bond acceptors (Lipinski definition) is 1. The maximum atomic E-state index is 14.4. The lowest BCUT2D eigenvalue weighted by atomic mass is 10.0. The van der Waals surface area contributed by atoms with Gasteiger partial charge in [-0.05, 0) is 42.8 Å². The van der Waals surface area contributed by atoms with E-state index in [9.17, 15) is 9.50 Å². The quantitative estimate of drug-likeness (QED) is 0.664. The summed E-state index contributed by atoms with van der Waals surface area (Å²) in [5.41, 5.74) is 3.03.